The van der Waals surface area contributed by atoms with Gasteiger partial charge in [-0.25, -0.2) is 0 Å². The van der Waals surface area contributed by atoms with Crippen LogP contribution in [0.15, 0.2) is 6.07 Å². The average molecular weight is 271 g/mol. The molecular weight excluding hydrogens is 252 g/mol. The molecule has 0 spiro atoms. The van der Waals surface area contributed by atoms with Crippen LogP contribution in [0.4, 0.5) is 0 Å². The molecule has 1 saturated carbocycles. The lowest BCUT2D eigenvalue weighted by atomic mass is 10.1. The van der Waals surface area contributed by atoms with Gasteiger partial charge in [-0.05, 0) is 31.7 Å². The van der Waals surface area contributed by atoms with Crippen molar-refractivity contribution in [2.24, 2.45) is 5.73 Å². The van der Waals surface area contributed by atoms with E-state index in [-0.39, 0.29) is 24.4 Å². The Morgan fingerprint density at radius 1 is 1.44 bits per heavy atom. The monoisotopic (exact) mass is 270 g/mol. The summed E-state index contributed by atoms with van der Waals surface area (Å²) in [5.74, 6) is 0.621. The van der Waals surface area contributed by atoms with Gasteiger partial charge in [0, 0.05) is 30.7 Å². The number of hydrogen-bond acceptors (Lipinski definition) is 3. The maximum absolute atomic E-state index is 12.2. The third-order valence-electron chi connectivity index (χ3n) is 3.58. The van der Waals surface area contributed by atoms with E-state index in [1.165, 1.54) is 12.8 Å². The molecule has 0 radical (unpaired) electrons. The van der Waals surface area contributed by atoms with Gasteiger partial charge in [0.15, 0.2) is 0 Å². The highest BCUT2D eigenvalue weighted by Crippen LogP contribution is 2.39. The quantitative estimate of drug-likeness (QED) is 0.850. The maximum Gasteiger partial charge on any atom is 0.274 e. The first kappa shape index (κ1) is 13.4. The highest BCUT2D eigenvalue weighted by atomic mass is 35.5. The molecule has 5 nitrogen and oxygen atoms in total. The number of likely N-dealkylation sites (tertiary alicyclic amines) is 1. The molecule has 100 valence electrons. The molecule has 2 fully saturated rings. The lowest BCUT2D eigenvalue weighted by molar-refractivity contribution is 0.0703. The van der Waals surface area contributed by atoms with Gasteiger partial charge in [-0.2, -0.15) is 5.10 Å². The number of aromatic amines is 1. The molecule has 3 N–H and O–H groups in total. The number of nitrogens with zero attached hydrogens (tertiary/aromatic N) is 2. The summed E-state index contributed by atoms with van der Waals surface area (Å²) < 4.78 is 0. The third kappa shape index (κ3) is 2.67. The van der Waals surface area contributed by atoms with Crippen molar-refractivity contribution in [1.29, 1.82) is 0 Å². The highest BCUT2D eigenvalue weighted by molar-refractivity contribution is 5.92. The van der Waals surface area contributed by atoms with Gasteiger partial charge in [0.05, 0.1) is 0 Å². The summed E-state index contributed by atoms with van der Waals surface area (Å²) in [6, 6.07) is 2.02. The number of piperidine rings is 1. The zero-order valence-electron chi connectivity index (χ0n) is 10.3. The topological polar surface area (TPSA) is 75.0 Å². The van der Waals surface area contributed by atoms with Crippen molar-refractivity contribution >= 4 is 18.3 Å². The second-order valence-corrected chi connectivity index (χ2v) is 5.14. The molecule has 1 aliphatic heterocycles. The van der Waals surface area contributed by atoms with Crippen LogP contribution in [0.3, 0.4) is 0 Å². The molecule has 1 atom stereocenters. The molecule has 0 bridgehead atoms. The first-order valence-corrected chi connectivity index (χ1v) is 6.34. The van der Waals surface area contributed by atoms with Crippen molar-refractivity contribution in [3.05, 3.63) is 17.5 Å². The Labute approximate surface area is 113 Å². The number of nitrogens with one attached hydrogen (secondary N) is 1. The molecule has 1 saturated heterocycles. The predicted molar refractivity (Wildman–Crippen MR) is 70.9 cm³/mol. The van der Waals surface area contributed by atoms with E-state index in [1.807, 2.05) is 11.0 Å². The molecule has 1 aromatic heterocycles. The number of amides is 1. The number of nitrogens with two attached hydrogens (primary N) is 1. The van der Waals surface area contributed by atoms with Gasteiger partial charge in [-0.15, -0.1) is 12.4 Å². The van der Waals surface area contributed by atoms with Crippen LogP contribution in [0.1, 0.15) is 47.8 Å². The number of halogens is 1. The number of hydrogen-bond donors (Lipinski definition) is 2. The molecular formula is C12H19ClN4O. The van der Waals surface area contributed by atoms with Crippen LogP contribution in [0.2, 0.25) is 0 Å². The lowest BCUT2D eigenvalue weighted by Crippen LogP contribution is -2.45. The van der Waals surface area contributed by atoms with Crippen LogP contribution in [0, 0.1) is 0 Å². The van der Waals surface area contributed by atoms with Gasteiger partial charge >= 0.3 is 0 Å². The van der Waals surface area contributed by atoms with Gasteiger partial charge in [-0.1, -0.05) is 0 Å². The van der Waals surface area contributed by atoms with Crippen LogP contribution >= 0.6 is 12.4 Å². The lowest BCUT2D eigenvalue weighted by Gasteiger charge is -2.30. The molecule has 1 amide bonds. The number of carbonyl (C=O) groups excluding carboxylic acids is 1. The largest absolute Gasteiger partial charge is 0.336 e. The Kier molecular flexibility index (Phi) is 3.92. The second kappa shape index (κ2) is 5.28. The predicted octanol–water partition coefficient (Wildman–Crippen LogP) is 1.27. The number of carbonyl (C=O) groups is 1. The summed E-state index contributed by atoms with van der Waals surface area (Å²) in [4.78, 5) is 14.0. The first-order valence-electron chi connectivity index (χ1n) is 6.34. The molecule has 2 heterocycles. The van der Waals surface area contributed by atoms with Crippen molar-refractivity contribution in [2.75, 3.05) is 13.1 Å². The maximum atomic E-state index is 12.2. The summed E-state index contributed by atoms with van der Waals surface area (Å²) >= 11 is 0. The smallest absolute Gasteiger partial charge is 0.274 e. The van der Waals surface area contributed by atoms with E-state index in [1.54, 1.807) is 0 Å². The van der Waals surface area contributed by atoms with E-state index in [2.05, 4.69) is 10.2 Å². The van der Waals surface area contributed by atoms with E-state index >= 15 is 0 Å². The molecule has 0 aromatic carbocycles. The molecule has 3 rings (SSSR count). The Bertz CT molecular complexity index is 429. The minimum atomic E-state index is 0. The van der Waals surface area contributed by atoms with E-state index in [9.17, 15) is 4.79 Å². The molecule has 1 aliphatic carbocycles. The van der Waals surface area contributed by atoms with E-state index in [4.69, 9.17) is 5.73 Å². The van der Waals surface area contributed by atoms with Crippen LogP contribution in [-0.2, 0) is 0 Å². The van der Waals surface area contributed by atoms with Crippen molar-refractivity contribution < 1.29 is 4.79 Å². The first-order chi connectivity index (χ1) is 8.24. The molecule has 6 heteroatoms. The zero-order chi connectivity index (χ0) is 11.8. The summed E-state index contributed by atoms with van der Waals surface area (Å²) in [6.45, 7) is 1.46. The van der Waals surface area contributed by atoms with Gasteiger partial charge in [-0.3, -0.25) is 9.89 Å². The summed E-state index contributed by atoms with van der Waals surface area (Å²) in [5, 5.41) is 7.09. The zero-order valence-corrected chi connectivity index (χ0v) is 11.1. The van der Waals surface area contributed by atoms with Gasteiger partial charge < -0.3 is 10.6 Å². The van der Waals surface area contributed by atoms with Crippen molar-refractivity contribution in [3.8, 4) is 0 Å². The van der Waals surface area contributed by atoms with Crippen LogP contribution in [-0.4, -0.2) is 40.1 Å². The fraction of sp³-hybridized carbons (Fsp3) is 0.667. The van der Waals surface area contributed by atoms with Gasteiger partial charge in [0.1, 0.15) is 5.69 Å². The highest BCUT2D eigenvalue weighted by Gasteiger charge is 2.28. The number of H-pyrrole nitrogens is 1. The van der Waals surface area contributed by atoms with Crippen LogP contribution < -0.4 is 5.73 Å². The Morgan fingerprint density at radius 2 is 2.22 bits per heavy atom. The van der Waals surface area contributed by atoms with Crippen molar-refractivity contribution in [3.63, 3.8) is 0 Å². The SMILES string of the molecule is Cl.NC1CCCN(C(=O)c2cc(C3CC3)[nH]n2)C1. The van der Waals surface area contributed by atoms with E-state index in [0.29, 0.717) is 18.2 Å². The van der Waals surface area contributed by atoms with Gasteiger partial charge in [0.2, 0.25) is 0 Å². The fourth-order valence-corrected chi connectivity index (χ4v) is 2.41. The van der Waals surface area contributed by atoms with Gasteiger partial charge in [0.25, 0.3) is 5.91 Å². The van der Waals surface area contributed by atoms with Crippen LogP contribution in [0.25, 0.3) is 0 Å². The normalized spacial score (nSPS) is 23.6. The number of rotatable bonds is 2. The minimum absolute atomic E-state index is 0. The van der Waals surface area contributed by atoms with E-state index in [0.717, 1.165) is 25.1 Å². The van der Waals surface area contributed by atoms with Crippen molar-refractivity contribution in [2.45, 2.75) is 37.6 Å². The number of aromatic nitrogens is 2. The summed E-state index contributed by atoms with van der Waals surface area (Å²) in [5.41, 5.74) is 7.53. The third-order valence-corrected chi connectivity index (χ3v) is 3.58. The van der Waals surface area contributed by atoms with E-state index < -0.39 is 0 Å². The molecule has 2 aliphatic rings. The Morgan fingerprint density at radius 3 is 2.89 bits per heavy atom. The standard InChI is InChI=1S/C12H18N4O.ClH/c13-9-2-1-5-16(7-9)12(17)11-6-10(14-15-11)8-3-4-8;/h6,8-9H,1-5,7,13H2,(H,14,15);1H. The average Bonchev–Trinajstić information content (AvgIpc) is 3.07. The Hall–Kier alpha value is -1.07. The Balaban J connectivity index is 0.00000120. The molecule has 1 unspecified atom stereocenters. The summed E-state index contributed by atoms with van der Waals surface area (Å²) in [7, 11) is 0. The van der Waals surface area contributed by atoms with Crippen LogP contribution in [0.5, 0.6) is 0 Å². The summed E-state index contributed by atoms with van der Waals surface area (Å²) in [6.07, 6.45) is 4.43. The molecule has 18 heavy (non-hydrogen) atoms. The molecule has 1 aromatic rings. The fourth-order valence-electron chi connectivity index (χ4n) is 2.41. The minimum Gasteiger partial charge on any atom is -0.336 e. The second-order valence-electron chi connectivity index (χ2n) is 5.14. The van der Waals surface area contributed by atoms with Crippen molar-refractivity contribution in [1.82, 2.24) is 15.1 Å².